The van der Waals surface area contributed by atoms with E-state index in [1.54, 1.807) is 7.05 Å². The molecular formula is C11H21NO. The van der Waals surface area contributed by atoms with Crippen molar-refractivity contribution in [1.82, 2.24) is 5.32 Å². The molecule has 0 radical (unpaired) electrons. The Kier molecular flexibility index (Phi) is 4.74. The number of carbonyl (C=O) groups excluding carboxylic acids is 1. The maximum atomic E-state index is 11.4. The second-order valence-corrected chi connectivity index (χ2v) is 4.60. The van der Waals surface area contributed by atoms with E-state index in [1.165, 1.54) is 0 Å². The van der Waals surface area contributed by atoms with Crippen molar-refractivity contribution in [2.75, 3.05) is 7.05 Å². The molecule has 2 nitrogen and oxygen atoms in total. The van der Waals surface area contributed by atoms with Gasteiger partial charge >= 0.3 is 0 Å². The van der Waals surface area contributed by atoms with Crippen molar-refractivity contribution in [2.24, 2.45) is 11.3 Å². The molecule has 0 heterocycles. The number of carbonyl (C=O) groups is 1. The first-order chi connectivity index (χ1) is 5.90. The summed E-state index contributed by atoms with van der Waals surface area (Å²) in [5, 5.41) is 2.69. The summed E-state index contributed by atoms with van der Waals surface area (Å²) in [6.45, 7) is 10.1. The minimum Gasteiger partial charge on any atom is -0.359 e. The predicted molar refractivity (Wildman–Crippen MR) is 56.4 cm³/mol. The number of nitrogens with one attached hydrogen (secondary N) is 1. The first-order valence-electron chi connectivity index (χ1n) is 4.73. The maximum absolute atomic E-state index is 11.4. The molecule has 0 aromatic rings. The van der Waals surface area contributed by atoms with E-state index in [0.717, 1.165) is 12.8 Å². The Bertz CT molecular complexity index is 179. The molecule has 76 valence electrons. The normalized spacial score (nSPS) is 13.5. The minimum atomic E-state index is 0.0718. The number of hydrogen-bond donors (Lipinski definition) is 1. The Labute approximate surface area is 81.4 Å². The van der Waals surface area contributed by atoms with Crippen molar-refractivity contribution in [3.8, 4) is 0 Å². The van der Waals surface area contributed by atoms with Gasteiger partial charge in [0.25, 0.3) is 0 Å². The van der Waals surface area contributed by atoms with Crippen LogP contribution in [0.2, 0.25) is 0 Å². The zero-order valence-electron chi connectivity index (χ0n) is 9.18. The fraction of sp³-hybridized carbons (Fsp3) is 0.727. The lowest BCUT2D eigenvalue weighted by atomic mass is 9.83. The third kappa shape index (κ3) is 5.45. The lowest BCUT2D eigenvalue weighted by Gasteiger charge is -2.23. The largest absolute Gasteiger partial charge is 0.359 e. The third-order valence-electron chi connectivity index (χ3n) is 1.93. The Morgan fingerprint density at radius 2 is 2.08 bits per heavy atom. The van der Waals surface area contributed by atoms with Gasteiger partial charge in [0.1, 0.15) is 0 Å². The molecule has 2 heteroatoms. The standard InChI is InChI=1S/C11H21NO/c1-6-7-9(10(13)12-5)8-11(2,3)4/h6,9H,1,7-8H2,2-5H3,(H,12,13). The Morgan fingerprint density at radius 1 is 1.54 bits per heavy atom. The van der Waals surface area contributed by atoms with Crippen LogP contribution in [0.1, 0.15) is 33.6 Å². The summed E-state index contributed by atoms with van der Waals surface area (Å²) in [4.78, 5) is 11.4. The highest BCUT2D eigenvalue weighted by Gasteiger charge is 2.22. The smallest absolute Gasteiger partial charge is 0.223 e. The summed E-state index contributed by atoms with van der Waals surface area (Å²) in [5.41, 5.74) is 0.195. The van der Waals surface area contributed by atoms with Gasteiger partial charge < -0.3 is 5.32 Å². The number of rotatable bonds is 4. The van der Waals surface area contributed by atoms with Crippen LogP contribution in [-0.2, 0) is 4.79 Å². The van der Waals surface area contributed by atoms with Gasteiger partial charge in [-0.2, -0.15) is 0 Å². The van der Waals surface area contributed by atoms with Crippen LogP contribution in [-0.4, -0.2) is 13.0 Å². The molecule has 0 bridgehead atoms. The zero-order valence-corrected chi connectivity index (χ0v) is 9.18. The summed E-state index contributed by atoms with van der Waals surface area (Å²) in [5.74, 6) is 0.192. The van der Waals surface area contributed by atoms with E-state index in [-0.39, 0.29) is 17.2 Å². The highest BCUT2D eigenvalue weighted by molar-refractivity contribution is 5.78. The van der Waals surface area contributed by atoms with Crippen LogP contribution in [0.15, 0.2) is 12.7 Å². The summed E-state index contributed by atoms with van der Waals surface area (Å²) >= 11 is 0. The molecule has 0 saturated heterocycles. The summed E-state index contributed by atoms with van der Waals surface area (Å²) in [7, 11) is 1.68. The van der Waals surface area contributed by atoms with Crippen molar-refractivity contribution >= 4 is 5.91 Å². The quantitative estimate of drug-likeness (QED) is 0.666. The van der Waals surface area contributed by atoms with Crippen LogP contribution in [0.3, 0.4) is 0 Å². The van der Waals surface area contributed by atoms with Gasteiger partial charge in [-0.15, -0.1) is 6.58 Å². The minimum absolute atomic E-state index is 0.0718. The summed E-state index contributed by atoms with van der Waals surface area (Å²) in [6, 6.07) is 0. The van der Waals surface area contributed by atoms with Crippen LogP contribution >= 0.6 is 0 Å². The predicted octanol–water partition coefficient (Wildman–Crippen LogP) is 2.36. The van der Waals surface area contributed by atoms with Crippen molar-refractivity contribution in [2.45, 2.75) is 33.6 Å². The van der Waals surface area contributed by atoms with Crippen molar-refractivity contribution in [3.05, 3.63) is 12.7 Å². The third-order valence-corrected chi connectivity index (χ3v) is 1.93. The molecule has 0 aliphatic rings. The van der Waals surface area contributed by atoms with E-state index < -0.39 is 0 Å². The van der Waals surface area contributed by atoms with Crippen LogP contribution < -0.4 is 5.32 Å². The molecule has 1 N–H and O–H groups in total. The topological polar surface area (TPSA) is 29.1 Å². The Balaban J connectivity index is 4.25. The van der Waals surface area contributed by atoms with E-state index in [9.17, 15) is 4.79 Å². The van der Waals surface area contributed by atoms with Gasteiger partial charge in [0.05, 0.1) is 0 Å². The number of amides is 1. The van der Waals surface area contributed by atoms with Crippen LogP contribution in [0.4, 0.5) is 0 Å². The Hall–Kier alpha value is -0.790. The molecule has 0 aliphatic heterocycles. The summed E-state index contributed by atoms with van der Waals surface area (Å²) < 4.78 is 0. The van der Waals surface area contributed by atoms with E-state index in [2.05, 4.69) is 32.7 Å². The van der Waals surface area contributed by atoms with E-state index >= 15 is 0 Å². The second kappa shape index (κ2) is 5.05. The molecule has 1 unspecified atom stereocenters. The lowest BCUT2D eigenvalue weighted by Crippen LogP contribution is -2.30. The van der Waals surface area contributed by atoms with Gasteiger partial charge in [-0.1, -0.05) is 26.8 Å². The van der Waals surface area contributed by atoms with Gasteiger partial charge in [-0.25, -0.2) is 0 Å². The highest BCUT2D eigenvalue weighted by Crippen LogP contribution is 2.26. The number of hydrogen-bond acceptors (Lipinski definition) is 1. The van der Waals surface area contributed by atoms with Gasteiger partial charge in [0.15, 0.2) is 0 Å². The average molecular weight is 183 g/mol. The molecule has 13 heavy (non-hydrogen) atoms. The van der Waals surface area contributed by atoms with Gasteiger partial charge in [0.2, 0.25) is 5.91 Å². The molecule has 0 rings (SSSR count). The SMILES string of the molecule is C=CCC(CC(C)(C)C)C(=O)NC. The number of allylic oxidation sites excluding steroid dienone is 1. The molecule has 1 atom stereocenters. The first kappa shape index (κ1) is 12.2. The van der Waals surface area contributed by atoms with Gasteiger partial charge in [0, 0.05) is 13.0 Å². The van der Waals surface area contributed by atoms with Crippen molar-refractivity contribution < 1.29 is 4.79 Å². The van der Waals surface area contributed by atoms with E-state index in [1.807, 2.05) is 6.08 Å². The molecule has 0 aromatic carbocycles. The molecular weight excluding hydrogens is 162 g/mol. The first-order valence-corrected chi connectivity index (χ1v) is 4.73. The monoisotopic (exact) mass is 183 g/mol. The molecule has 0 spiro atoms. The van der Waals surface area contributed by atoms with Crippen molar-refractivity contribution in [3.63, 3.8) is 0 Å². The molecule has 0 aromatic heterocycles. The van der Waals surface area contributed by atoms with Crippen LogP contribution in [0, 0.1) is 11.3 Å². The molecule has 0 saturated carbocycles. The fourth-order valence-electron chi connectivity index (χ4n) is 1.43. The summed E-state index contributed by atoms with van der Waals surface area (Å²) in [6.07, 6.45) is 3.47. The van der Waals surface area contributed by atoms with Crippen LogP contribution in [0.25, 0.3) is 0 Å². The van der Waals surface area contributed by atoms with Gasteiger partial charge in [-0.3, -0.25) is 4.79 Å². The molecule has 0 aliphatic carbocycles. The van der Waals surface area contributed by atoms with Gasteiger partial charge in [-0.05, 0) is 18.3 Å². The average Bonchev–Trinajstić information content (AvgIpc) is 2.00. The molecule has 0 fully saturated rings. The van der Waals surface area contributed by atoms with Crippen molar-refractivity contribution in [1.29, 1.82) is 0 Å². The highest BCUT2D eigenvalue weighted by atomic mass is 16.1. The molecule has 1 amide bonds. The van der Waals surface area contributed by atoms with Crippen LogP contribution in [0.5, 0.6) is 0 Å². The maximum Gasteiger partial charge on any atom is 0.223 e. The van der Waals surface area contributed by atoms with E-state index in [0.29, 0.717) is 0 Å². The zero-order chi connectivity index (χ0) is 10.5. The Morgan fingerprint density at radius 3 is 2.38 bits per heavy atom. The van der Waals surface area contributed by atoms with E-state index in [4.69, 9.17) is 0 Å². The lowest BCUT2D eigenvalue weighted by molar-refractivity contribution is -0.125. The fourth-order valence-corrected chi connectivity index (χ4v) is 1.43. The second-order valence-electron chi connectivity index (χ2n) is 4.60.